The Balaban J connectivity index is 2.14. The number of carbonyl (C=O) groups is 1. The average molecular weight is 340 g/mol. The maximum Gasteiger partial charge on any atom is 0.291 e. The number of hydrogen-bond acceptors (Lipinski definition) is 6. The highest BCUT2D eigenvalue weighted by Gasteiger charge is 2.20. The Labute approximate surface area is 132 Å². The Bertz CT molecular complexity index is 754. The molecule has 2 rings (SSSR count). The normalized spacial score (nSPS) is 11.2. The fourth-order valence-electron chi connectivity index (χ4n) is 1.58. The van der Waals surface area contributed by atoms with Crippen LogP contribution in [0.5, 0.6) is 0 Å². The number of nitrogens with one attached hydrogen (secondary N) is 2. The van der Waals surface area contributed by atoms with Gasteiger partial charge in [-0.2, -0.15) is 8.42 Å². The number of hydrogen-bond donors (Lipinski definition) is 2. The zero-order valence-corrected chi connectivity index (χ0v) is 13.8. The van der Waals surface area contributed by atoms with Gasteiger partial charge in [0.15, 0.2) is 0 Å². The summed E-state index contributed by atoms with van der Waals surface area (Å²) in [6.45, 7) is 3.71. The standard InChI is InChI=1S/C13H16N4O3S2/c1-3-9-5-7-10(8-6-9)17-22(19,20)13-16-15-12(21-13)14-11(18)4-2/h5-8,17H,3-4H2,1-2H3,(H,14,15,18). The van der Waals surface area contributed by atoms with Crippen molar-refractivity contribution in [2.24, 2.45) is 0 Å². The van der Waals surface area contributed by atoms with Gasteiger partial charge in [0, 0.05) is 12.1 Å². The summed E-state index contributed by atoms with van der Waals surface area (Å²) in [4.78, 5) is 11.3. The third kappa shape index (κ3) is 4.01. The first-order chi connectivity index (χ1) is 10.4. The van der Waals surface area contributed by atoms with Crippen LogP contribution in [-0.2, 0) is 21.2 Å². The minimum atomic E-state index is -3.81. The molecule has 1 aromatic heterocycles. The van der Waals surface area contributed by atoms with Crippen LogP contribution in [-0.4, -0.2) is 24.5 Å². The molecule has 0 saturated carbocycles. The molecular weight excluding hydrogens is 324 g/mol. The first kappa shape index (κ1) is 16.4. The number of amides is 1. The van der Waals surface area contributed by atoms with Crippen LogP contribution in [0, 0.1) is 0 Å². The second-order valence-corrected chi connectivity index (χ2v) is 7.26. The lowest BCUT2D eigenvalue weighted by Gasteiger charge is -2.05. The van der Waals surface area contributed by atoms with Gasteiger partial charge in [-0.05, 0) is 24.1 Å². The van der Waals surface area contributed by atoms with E-state index in [0.717, 1.165) is 23.3 Å². The van der Waals surface area contributed by atoms with Gasteiger partial charge in [0.2, 0.25) is 11.0 Å². The van der Waals surface area contributed by atoms with E-state index < -0.39 is 10.0 Å². The summed E-state index contributed by atoms with van der Waals surface area (Å²) in [5.74, 6) is -0.247. The van der Waals surface area contributed by atoms with Crippen molar-refractivity contribution in [2.75, 3.05) is 10.0 Å². The molecule has 0 atom stereocenters. The predicted molar refractivity (Wildman–Crippen MR) is 85.5 cm³/mol. The Hall–Kier alpha value is -2.00. The van der Waals surface area contributed by atoms with E-state index >= 15 is 0 Å². The number of sulfonamides is 1. The summed E-state index contributed by atoms with van der Waals surface area (Å²) < 4.78 is 26.7. The zero-order valence-electron chi connectivity index (χ0n) is 12.2. The monoisotopic (exact) mass is 340 g/mol. The van der Waals surface area contributed by atoms with Crippen LogP contribution in [0.25, 0.3) is 0 Å². The molecule has 1 amide bonds. The highest BCUT2D eigenvalue weighted by Crippen LogP contribution is 2.22. The van der Waals surface area contributed by atoms with Gasteiger partial charge < -0.3 is 5.32 Å². The summed E-state index contributed by atoms with van der Waals surface area (Å²) in [6, 6.07) is 7.09. The maximum absolute atomic E-state index is 12.2. The fraction of sp³-hybridized carbons (Fsp3) is 0.308. The van der Waals surface area contributed by atoms with Crippen LogP contribution in [0.4, 0.5) is 10.8 Å². The number of benzene rings is 1. The zero-order chi connectivity index (χ0) is 16.2. The van der Waals surface area contributed by atoms with Gasteiger partial charge in [0.1, 0.15) is 0 Å². The van der Waals surface area contributed by atoms with Crippen molar-refractivity contribution >= 4 is 38.1 Å². The van der Waals surface area contributed by atoms with Crippen LogP contribution in [0.2, 0.25) is 0 Å². The molecule has 0 bridgehead atoms. The summed E-state index contributed by atoms with van der Waals surface area (Å²) in [5, 5.41) is 9.90. The predicted octanol–water partition coefficient (Wildman–Crippen LogP) is 2.25. The van der Waals surface area contributed by atoms with Gasteiger partial charge in [-0.15, -0.1) is 10.2 Å². The molecule has 2 aromatic rings. The molecule has 0 saturated heterocycles. The third-order valence-electron chi connectivity index (χ3n) is 2.82. The average Bonchev–Trinajstić information content (AvgIpc) is 2.97. The summed E-state index contributed by atoms with van der Waals surface area (Å²) in [6.07, 6.45) is 1.16. The highest BCUT2D eigenvalue weighted by molar-refractivity contribution is 7.94. The molecule has 118 valence electrons. The van der Waals surface area contributed by atoms with E-state index in [1.165, 1.54) is 0 Å². The first-order valence-electron chi connectivity index (χ1n) is 6.69. The van der Waals surface area contributed by atoms with Crippen molar-refractivity contribution in [3.63, 3.8) is 0 Å². The third-order valence-corrected chi connectivity index (χ3v) is 5.41. The smallest absolute Gasteiger partial charge is 0.291 e. The molecule has 0 unspecified atom stereocenters. The molecule has 1 heterocycles. The maximum atomic E-state index is 12.2. The van der Waals surface area contributed by atoms with Crippen molar-refractivity contribution in [2.45, 2.75) is 31.0 Å². The molecule has 0 aliphatic rings. The Morgan fingerprint density at radius 3 is 2.45 bits per heavy atom. The second-order valence-electron chi connectivity index (χ2n) is 4.43. The molecule has 0 aliphatic heterocycles. The van der Waals surface area contributed by atoms with Gasteiger partial charge in [-0.25, -0.2) is 0 Å². The van der Waals surface area contributed by atoms with Crippen molar-refractivity contribution < 1.29 is 13.2 Å². The largest absolute Gasteiger partial charge is 0.301 e. The van der Waals surface area contributed by atoms with E-state index in [0.29, 0.717) is 5.69 Å². The molecule has 0 radical (unpaired) electrons. The number of rotatable bonds is 6. The summed E-state index contributed by atoms with van der Waals surface area (Å²) >= 11 is 0.806. The lowest BCUT2D eigenvalue weighted by Crippen LogP contribution is -2.12. The number of carbonyl (C=O) groups excluding carboxylic acids is 1. The van der Waals surface area contributed by atoms with E-state index in [4.69, 9.17) is 0 Å². The fourth-order valence-corrected chi connectivity index (χ4v) is 3.56. The molecule has 0 fully saturated rings. The lowest BCUT2D eigenvalue weighted by atomic mass is 10.2. The quantitative estimate of drug-likeness (QED) is 0.785. The molecule has 0 aliphatic carbocycles. The van der Waals surface area contributed by atoms with Crippen LogP contribution < -0.4 is 10.0 Å². The lowest BCUT2D eigenvalue weighted by molar-refractivity contribution is -0.115. The molecule has 0 spiro atoms. The number of aromatic nitrogens is 2. The molecule has 22 heavy (non-hydrogen) atoms. The van der Waals surface area contributed by atoms with E-state index in [9.17, 15) is 13.2 Å². The Morgan fingerprint density at radius 2 is 1.86 bits per heavy atom. The summed E-state index contributed by atoms with van der Waals surface area (Å²) in [7, 11) is -3.81. The van der Waals surface area contributed by atoms with Crippen molar-refractivity contribution in [1.82, 2.24) is 10.2 Å². The van der Waals surface area contributed by atoms with Crippen molar-refractivity contribution in [1.29, 1.82) is 0 Å². The van der Waals surface area contributed by atoms with Gasteiger partial charge >= 0.3 is 0 Å². The number of aryl methyl sites for hydroxylation is 1. The molecule has 7 nitrogen and oxygen atoms in total. The Kier molecular flexibility index (Phi) is 5.09. The second kappa shape index (κ2) is 6.84. The molecule has 1 aromatic carbocycles. The topological polar surface area (TPSA) is 101 Å². The van der Waals surface area contributed by atoms with E-state index in [-0.39, 0.29) is 21.8 Å². The van der Waals surface area contributed by atoms with Gasteiger partial charge in [-0.3, -0.25) is 9.52 Å². The van der Waals surface area contributed by atoms with Gasteiger partial charge in [0.05, 0.1) is 0 Å². The van der Waals surface area contributed by atoms with E-state index in [2.05, 4.69) is 20.2 Å². The van der Waals surface area contributed by atoms with Crippen molar-refractivity contribution in [3.8, 4) is 0 Å². The number of anilines is 2. The van der Waals surface area contributed by atoms with Gasteiger partial charge in [-0.1, -0.05) is 37.3 Å². The first-order valence-corrected chi connectivity index (χ1v) is 8.99. The summed E-state index contributed by atoms with van der Waals surface area (Å²) in [5.41, 5.74) is 1.56. The molecule has 9 heteroatoms. The van der Waals surface area contributed by atoms with Crippen LogP contribution in [0.1, 0.15) is 25.8 Å². The SMILES string of the molecule is CCC(=O)Nc1nnc(S(=O)(=O)Nc2ccc(CC)cc2)s1. The number of nitrogens with zero attached hydrogens (tertiary/aromatic N) is 2. The van der Waals surface area contributed by atoms with E-state index in [1.807, 2.05) is 19.1 Å². The Morgan fingerprint density at radius 1 is 1.18 bits per heavy atom. The van der Waals surface area contributed by atoms with Gasteiger partial charge in [0.25, 0.3) is 14.4 Å². The van der Waals surface area contributed by atoms with Crippen LogP contribution in [0.15, 0.2) is 28.6 Å². The van der Waals surface area contributed by atoms with Crippen LogP contribution >= 0.6 is 11.3 Å². The molecular formula is C13H16N4O3S2. The molecule has 2 N–H and O–H groups in total. The van der Waals surface area contributed by atoms with Crippen molar-refractivity contribution in [3.05, 3.63) is 29.8 Å². The highest BCUT2D eigenvalue weighted by atomic mass is 32.2. The van der Waals surface area contributed by atoms with E-state index in [1.54, 1.807) is 19.1 Å². The van der Waals surface area contributed by atoms with Crippen LogP contribution in [0.3, 0.4) is 0 Å². The minimum absolute atomic E-state index is 0.161. The minimum Gasteiger partial charge on any atom is -0.301 e.